The number of hydrogen-bond acceptors (Lipinski definition) is 6. The summed E-state index contributed by atoms with van der Waals surface area (Å²) in [6.45, 7) is 8.19. The molecular formula is C26H31F3N6O3. The van der Waals surface area contributed by atoms with Gasteiger partial charge in [-0.15, -0.1) is 13.2 Å². The molecule has 2 fully saturated rings. The summed E-state index contributed by atoms with van der Waals surface area (Å²) < 4.78 is 51.3. The molecule has 9 nitrogen and oxygen atoms in total. The van der Waals surface area contributed by atoms with Crippen molar-refractivity contribution in [2.24, 2.45) is 24.8 Å². The number of alkyl halides is 3. The lowest BCUT2D eigenvalue weighted by Gasteiger charge is -2.25. The number of likely N-dealkylation sites (tertiary alicyclic amines) is 1. The van der Waals surface area contributed by atoms with Gasteiger partial charge in [0.15, 0.2) is 0 Å². The Morgan fingerprint density at radius 2 is 1.97 bits per heavy atom. The number of halogens is 3. The fourth-order valence-electron chi connectivity index (χ4n) is 5.37. The van der Waals surface area contributed by atoms with E-state index in [1.54, 1.807) is 28.8 Å². The van der Waals surface area contributed by atoms with E-state index >= 15 is 0 Å². The summed E-state index contributed by atoms with van der Waals surface area (Å²) in [5, 5.41) is 4.53. The van der Waals surface area contributed by atoms with Crippen LogP contribution in [0.15, 0.2) is 43.0 Å². The maximum Gasteiger partial charge on any atom is 0.573 e. The molecular weight excluding hydrogens is 501 g/mol. The molecule has 0 N–H and O–H groups in total. The van der Waals surface area contributed by atoms with Gasteiger partial charge in [-0.2, -0.15) is 5.10 Å². The quantitative estimate of drug-likeness (QED) is 0.411. The second-order valence-electron chi connectivity index (χ2n) is 10.1. The largest absolute Gasteiger partial charge is 0.573 e. The van der Waals surface area contributed by atoms with Crippen molar-refractivity contribution in [3.63, 3.8) is 0 Å². The lowest BCUT2D eigenvalue weighted by atomic mass is 10.1. The number of imidazole rings is 1. The van der Waals surface area contributed by atoms with E-state index < -0.39 is 12.5 Å². The summed E-state index contributed by atoms with van der Waals surface area (Å²) in [4.78, 5) is 21.1. The number of fused-ring (bicyclic) bond motifs is 1. The summed E-state index contributed by atoms with van der Waals surface area (Å²) in [6, 6.07) is 5.67. The van der Waals surface area contributed by atoms with Crippen molar-refractivity contribution in [2.45, 2.75) is 39.8 Å². The van der Waals surface area contributed by atoms with Crippen LogP contribution in [0.5, 0.6) is 11.6 Å². The molecule has 38 heavy (non-hydrogen) atoms. The number of aromatic nitrogens is 4. The Bertz CT molecular complexity index is 1280. The van der Waals surface area contributed by atoms with Crippen LogP contribution in [0.2, 0.25) is 0 Å². The van der Waals surface area contributed by atoms with Gasteiger partial charge in [0.2, 0.25) is 5.88 Å². The third-order valence-electron chi connectivity index (χ3n) is 7.28. The summed E-state index contributed by atoms with van der Waals surface area (Å²) in [5.41, 5.74) is 2.79. The van der Waals surface area contributed by atoms with Gasteiger partial charge in [0.1, 0.15) is 5.75 Å². The smallest absolute Gasteiger partial charge is 0.406 e. The molecule has 2 atom stereocenters. The number of ether oxygens (including phenoxy) is 2. The van der Waals surface area contributed by atoms with E-state index in [-0.39, 0.29) is 18.2 Å². The van der Waals surface area contributed by atoms with E-state index in [0.717, 1.165) is 31.9 Å². The molecule has 12 heteroatoms. The van der Waals surface area contributed by atoms with Gasteiger partial charge in [-0.3, -0.25) is 9.58 Å². The highest BCUT2D eigenvalue weighted by Crippen LogP contribution is 2.52. The second-order valence-corrected chi connectivity index (χ2v) is 10.1. The second kappa shape index (κ2) is 10.3. The van der Waals surface area contributed by atoms with Gasteiger partial charge in [0.05, 0.1) is 18.2 Å². The molecule has 2 aromatic heterocycles. The molecule has 0 bridgehead atoms. The third kappa shape index (κ3) is 6.12. The zero-order valence-electron chi connectivity index (χ0n) is 21.6. The molecule has 204 valence electrons. The maximum atomic E-state index is 13.1. The minimum absolute atomic E-state index is 0.0930. The highest BCUT2D eigenvalue weighted by Gasteiger charge is 2.56. The van der Waals surface area contributed by atoms with Crippen molar-refractivity contribution < 1.29 is 27.4 Å². The van der Waals surface area contributed by atoms with E-state index in [4.69, 9.17) is 4.74 Å². The predicted octanol–water partition coefficient (Wildman–Crippen LogP) is 4.22. The van der Waals surface area contributed by atoms with E-state index in [9.17, 15) is 18.0 Å². The van der Waals surface area contributed by atoms with Crippen molar-refractivity contribution in [3.8, 4) is 11.6 Å². The summed E-state index contributed by atoms with van der Waals surface area (Å²) in [5.74, 6) is 1.07. The van der Waals surface area contributed by atoms with Crippen molar-refractivity contribution in [1.82, 2.24) is 29.1 Å². The van der Waals surface area contributed by atoms with Crippen LogP contribution in [-0.4, -0.2) is 61.2 Å². The molecule has 1 aliphatic heterocycles. The van der Waals surface area contributed by atoms with Crippen molar-refractivity contribution in [1.29, 1.82) is 0 Å². The molecule has 1 saturated carbocycles. The number of benzene rings is 1. The molecule has 1 saturated heterocycles. The predicted molar refractivity (Wildman–Crippen MR) is 131 cm³/mol. The zero-order valence-corrected chi connectivity index (χ0v) is 21.6. The molecule has 0 radical (unpaired) electrons. The van der Waals surface area contributed by atoms with Crippen LogP contribution < -0.4 is 9.47 Å². The van der Waals surface area contributed by atoms with Gasteiger partial charge in [0.25, 0.3) is 0 Å². The first-order valence-corrected chi connectivity index (χ1v) is 12.6. The van der Waals surface area contributed by atoms with Gasteiger partial charge in [-0.05, 0) is 49.3 Å². The number of nitrogens with zero attached hydrogens (tertiary/aromatic N) is 6. The van der Waals surface area contributed by atoms with Gasteiger partial charge >= 0.3 is 12.5 Å². The Morgan fingerprint density at radius 1 is 1.21 bits per heavy atom. The highest BCUT2D eigenvalue weighted by atomic mass is 19.4. The molecule has 1 aromatic carbocycles. The number of hydrogen-bond donors (Lipinski definition) is 0. The first-order valence-electron chi connectivity index (χ1n) is 12.6. The first-order chi connectivity index (χ1) is 18.1. The minimum Gasteiger partial charge on any atom is -0.406 e. The van der Waals surface area contributed by atoms with Crippen molar-refractivity contribution in [2.75, 3.05) is 19.6 Å². The van der Waals surface area contributed by atoms with Gasteiger partial charge in [-0.25, -0.2) is 9.78 Å². The molecule has 2 aliphatic rings. The standard InChI is InChI=1S/C26H31F3N6O3/c1-4-35-11-19(17(2)31-35)10-33-12-21-22(13-33)23(21)14-34(25(36)37-24-15-32(3)16-30-24)9-18-6-5-7-20(8-18)38-26(27,28)29/h5-8,11,15-16,21-23H,4,9-10,12-14H2,1-3H3. The van der Waals surface area contributed by atoms with Crippen LogP contribution in [-0.2, 0) is 26.7 Å². The fourth-order valence-corrected chi connectivity index (χ4v) is 5.37. The average Bonchev–Trinajstić information content (AvgIpc) is 3.22. The number of piperidine rings is 1. The molecule has 3 heterocycles. The van der Waals surface area contributed by atoms with Crippen LogP contribution in [0.1, 0.15) is 23.7 Å². The fraction of sp³-hybridized carbons (Fsp3) is 0.500. The Balaban J connectivity index is 1.24. The van der Waals surface area contributed by atoms with Crippen molar-refractivity contribution >= 4 is 6.09 Å². The first kappa shape index (κ1) is 26.1. The number of carbonyl (C=O) groups is 1. The van der Waals surface area contributed by atoms with Crippen LogP contribution in [0.4, 0.5) is 18.0 Å². The SMILES string of the molecule is CCn1cc(CN2CC3C(C2)C3CN(Cc2cccc(OC(F)(F)F)c2)C(=O)Oc2cn(C)cn2)c(C)n1. The maximum absolute atomic E-state index is 13.1. The van der Waals surface area contributed by atoms with Crippen molar-refractivity contribution in [3.05, 3.63) is 59.8 Å². The topological polar surface area (TPSA) is 77.6 Å². The van der Waals surface area contributed by atoms with Gasteiger partial charge < -0.3 is 18.9 Å². The number of rotatable bonds is 9. The zero-order chi connectivity index (χ0) is 27.0. The van der Waals surface area contributed by atoms with E-state index in [2.05, 4.69) is 32.8 Å². The van der Waals surface area contributed by atoms with E-state index in [1.807, 2.05) is 11.6 Å². The normalized spacial score (nSPS) is 20.8. The van der Waals surface area contributed by atoms with Crippen LogP contribution >= 0.6 is 0 Å². The Labute approximate surface area is 218 Å². The van der Waals surface area contributed by atoms with Crippen LogP contribution in [0.25, 0.3) is 0 Å². The summed E-state index contributed by atoms with van der Waals surface area (Å²) >= 11 is 0. The minimum atomic E-state index is -4.79. The number of aryl methyl sites for hydroxylation is 3. The summed E-state index contributed by atoms with van der Waals surface area (Å²) in [6.07, 6.45) is -0.170. The number of amides is 1. The molecule has 5 rings (SSSR count). The molecule has 2 unspecified atom stereocenters. The van der Waals surface area contributed by atoms with Gasteiger partial charge in [-0.1, -0.05) is 12.1 Å². The number of carbonyl (C=O) groups excluding carboxylic acids is 1. The lowest BCUT2D eigenvalue weighted by molar-refractivity contribution is -0.274. The van der Waals surface area contributed by atoms with Crippen LogP contribution in [0.3, 0.4) is 0 Å². The molecule has 1 aliphatic carbocycles. The third-order valence-corrected chi connectivity index (χ3v) is 7.28. The lowest BCUT2D eigenvalue weighted by Crippen LogP contribution is -2.36. The molecule has 3 aromatic rings. The average molecular weight is 533 g/mol. The van der Waals surface area contributed by atoms with E-state index in [0.29, 0.717) is 29.9 Å². The Morgan fingerprint density at radius 3 is 2.61 bits per heavy atom. The Kier molecular flexibility index (Phi) is 7.08. The Hall–Kier alpha value is -3.54. The monoisotopic (exact) mass is 532 g/mol. The summed E-state index contributed by atoms with van der Waals surface area (Å²) in [7, 11) is 1.76. The van der Waals surface area contributed by atoms with Crippen LogP contribution in [0, 0.1) is 24.7 Å². The molecule has 1 amide bonds. The highest BCUT2D eigenvalue weighted by molar-refractivity contribution is 5.70. The van der Waals surface area contributed by atoms with Gasteiger partial charge in [0, 0.05) is 58.1 Å². The molecule has 0 spiro atoms. The van der Waals surface area contributed by atoms with E-state index in [1.165, 1.54) is 30.1 Å².